The highest BCUT2D eigenvalue weighted by Crippen LogP contribution is 2.31. The molecule has 1 unspecified atom stereocenters. The van der Waals surface area contributed by atoms with Crippen LogP contribution in [0.2, 0.25) is 4.34 Å². The maximum atomic E-state index is 10.2. The van der Waals surface area contributed by atoms with Crippen molar-refractivity contribution in [3.05, 3.63) is 56.7 Å². The minimum Gasteiger partial charge on any atom is -0.383 e. The zero-order valence-corrected chi connectivity index (χ0v) is 10.8. The van der Waals surface area contributed by atoms with Crippen LogP contribution in [0.5, 0.6) is 0 Å². The number of aliphatic hydroxyl groups is 1. The number of rotatable bonds is 4. The summed E-state index contributed by atoms with van der Waals surface area (Å²) in [5.74, 6) is 0. The van der Waals surface area contributed by atoms with E-state index >= 15 is 0 Å². The molecular formula is C13H14ClNOS. The molecule has 90 valence electrons. The van der Waals surface area contributed by atoms with Crippen LogP contribution < -0.4 is 5.73 Å². The van der Waals surface area contributed by atoms with Crippen molar-refractivity contribution in [2.24, 2.45) is 5.73 Å². The van der Waals surface area contributed by atoms with Crippen molar-refractivity contribution in [1.29, 1.82) is 0 Å². The van der Waals surface area contributed by atoms with Crippen LogP contribution in [0.25, 0.3) is 0 Å². The van der Waals surface area contributed by atoms with Crippen LogP contribution in [0.3, 0.4) is 0 Å². The molecule has 3 N–H and O–H groups in total. The Labute approximate surface area is 110 Å². The van der Waals surface area contributed by atoms with Crippen LogP contribution in [0.15, 0.2) is 36.4 Å². The van der Waals surface area contributed by atoms with E-state index in [2.05, 4.69) is 0 Å². The summed E-state index contributed by atoms with van der Waals surface area (Å²) in [6.07, 6.45) is 0.219. The van der Waals surface area contributed by atoms with Crippen LogP contribution in [0.4, 0.5) is 0 Å². The molecule has 1 heterocycles. The molecule has 0 saturated heterocycles. The van der Waals surface area contributed by atoms with Gasteiger partial charge in [0.25, 0.3) is 0 Å². The first kappa shape index (κ1) is 12.6. The second-order valence-electron chi connectivity index (χ2n) is 3.83. The van der Waals surface area contributed by atoms with Crippen LogP contribution in [0.1, 0.15) is 22.1 Å². The molecule has 4 heteroatoms. The van der Waals surface area contributed by atoms with Crippen molar-refractivity contribution in [3.63, 3.8) is 0 Å². The maximum Gasteiger partial charge on any atom is 0.113 e. The topological polar surface area (TPSA) is 46.2 Å². The quantitative estimate of drug-likeness (QED) is 0.895. The molecule has 0 aliphatic carbocycles. The van der Waals surface area contributed by atoms with E-state index in [1.165, 1.54) is 11.3 Å². The summed E-state index contributed by atoms with van der Waals surface area (Å²) in [6.45, 7) is 0.615. The lowest BCUT2D eigenvalue weighted by molar-refractivity contribution is 0.224. The maximum absolute atomic E-state index is 10.2. The highest BCUT2D eigenvalue weighted by molar-refractivity contribution is 7.16. The Kier molecular flexibility index (Phi) is 4.18. The first-order chi connectivity index (χ1) is 8.20. The molecule has 0 aliphatic heterocycles. The average molecular weight is 268 g/mol. The van der Waals surface area contributed by atoms with E-state index in [1.807, 2.05) is 30.3 Å². The third-order valence-electron chi connectivity index (χ3n) is 2.56. The van der Waals surface area contributed by atoms with E-state index in [-0.39, 0.29) is 0 Å². The van der Waals surface area contributed by atoms with Crippen molar-refractivity contribution in [2.75, 3.05) is 6.54 Å². The molecule has 1 atom stereocenters. The number of halogens is 1. The van der Waals surface area contributed by atoms with E-state index in [0.717, 1.165) is 22.4 Å². The largest absolute Gasteiger partial charge is 0.383 e. The smallest absolute Gasteiger partial charge is 0.113 e. The molecule has 1 aromatic carbocycles. The summed E-state index contributed by atoms with van der Waals surface area (Å²) in [4.78, 5) is 0.861. The van der Waals surface area contributed by atoms with Gasteiger partial charge in [-0.2, -0.15) is 0 Å². The van der Waals surface area contributed by atoms with Gasteiger partial charge in [0, 0.05) is 4.88 Å². The second kappa shape index (κ2) is 5.65. The average Bonchev–Trinajstić information content (AvgIpc) is 2.76. The fourth-order valence-corrected chi connectivity index (χ4v) is 2.80. The van der Waals surface area contributed by atoms with Gasteiger partial charge >= 0.3 is 0 Å². The highest BCUT2D eigenvalue weighted by atomic mass is 35.5. The van der Waals surface area contributed by atoms with Gasteiger partial charge < -0.3 is 10.8 Å². The van der Waals surface area contributed by atoms with Crippen LogP contribution in [0, 0.1) is 0 Å². The van der Waals surface area contributed by atoms with E-state index in [1.54, 1.807) is 6.07 Å². The lowest BCUT2D eigenvalue weighted by Crippen LogP contribution is -2.04. The molecule has 0 amide bonds. The fraction of sp³-hybridized carbons (Fsp3) is 0.231. The number of hydrogen-bond donors (Lipinski definition) is 2. The first-order valence-electron chi connectivity index (χ1n) is 5.43. The minimum absolute atomic E-state index is 0.606. The Morgan fingerprint density at radius 3 is 2.76 bits per heavy atom. The molecule has 0 radical (unpaired) electrons. The van der Waals surface area contributed by atoms with E-state index in [9.17, 15) is 5.11 Å². The van der Waals surface area contributed by atoms with Gasteiger partial charge in [0.1, 0.15) is 6.10 Å². The first-order valence-corrected chi connectivity index (χ1v) is 6.62. The highest BCUT2D eigenvalue weighted by Gasteiger charge is 2.12. The summed E-state index contributed by atoms with van der Waals surface area (Å²) in [5.41, 5.74) is 7.55. The summed E-state index contributed by atoms with van der Waals surface area (Å²) in [6, 6.07) is 11.5. The molecule has 0 aliphatic rings. The van der Waals surface area contributed by atoms with Gasteiger partial charge in [0.2, 0.25) is 0 Å². The Bertz CT molecular complexity index is 498. The molecule has 2 rings (SSSR count). The van der Waals surface area contributed by atoms with E-state index in [0.29, 0.717) is 10.9 Å². The minimum atomic E-state index is -0.606. The van der Waals surface area contributed by atoms with Gasteiger partial charge in [-0.1, -0.05) is 35.9 Å². The van der Waals surface area contributed by atoms with Crippen LogP contribution in [-0.2, 0) is 6.42 Å². The molecule has 2 nitrogen and oxygen atoms in total. The number of hydrogen-bond acceptors (Lipinski definition) is 3. The van der Waals surface area contributed by atoms with Gasteiger partial charge in [0.15, 0.2) is 0 Å². The normalized spacial score (nSPS) is 12.6. The SMILES string of the molecule is NCCc1cccc(C(O)c2ccc(Cl)s2)c1. The monoisotopic (exact) mass is 267 g/mol. The van der Waals surface area contributed by atoms with Gasteiger partial charge in [0.05, 0.1) is 4.34 Å². The summed E-state index contributed by atoms with van der Waals surface area (Å²) >= 11 is 7.26. The molecule has 1 aromatic heterocycles. The van der Waals surface area contributed by atoms with Crippen LogP contribution in [-0.4, -0.2) is 11.7 Å². The van der Waals surface area contributed by atoms with Gasteiger partial charge in [-0.05, 0) is 36.2 Å². The molecule has 0 spiro atoms. The molecule has 0 fully saturated rings. The molecular weight excluding hydrogens is 254 g/mol. The molecule has 17 heavy (non-hydrogen) atoms. The Morgan fingerprint density at radius 2 is 2.12 bits per heavy atom. The van der Waals surface area contributed by atoms with Crippen LogP contribution >= 0.6 is 22.9 Å². The number of nitrogens with two attached hydrogens (primary N) is 1. The summed E-state index contributed by atoms with van der Waals surface area (Å²) in [5, 5.41) is 10.2. The third-order valence-corrected chi connectivity index (χ3v) is 3.85. The van der Waals surface area contributed by atoms with Crippen molar-refractivity contribution < 1.29 is 5.11 Å². The van der Waals surface area contributed by atoms with Crippen molar-refractivity contribution in [1.82, 2.24) is 0 Å². The van der Waals surface area contributed by atoms with Gasteiger partial charge in [-0.25, -0.2) is 0 Å². The zero-order valence-electron chi connectivity index (χ0n) is 9.27. The number of thiophene rings is 1. The lowest BCUT2D eigenvalue weighted by Gasteiger charge is -2.10. The third kappa shape index (κ3) is 3.07. The fourth-order valence-electron chi connectivity index (χ4n) is 1.72. The van der Waals surface area contributed by atoms with E-state index < -0.39 is 6.10 Å². The molecule has 0 saturated carbocycles. The lowest BCUT2D eigenvalue weighted by atomic mass is 10.0. The predicted molar refractivity (Wildman–Crippen MR) is 72.6 cm³/mol. The second-order valence-corrected chi connectivity index (χ2v) is 5.57. The van der Waals surface area contributed by atoms with E-state index in [4.69, 9.17) is 17.3 Å². The molecule has 0 bridgehead atoms. The summed E-state index contributed by atoms with van der Waals surface area (Å²) in [7, 11) is 0. The number of benzene rings is 1. The Hall–Kier alpha value is -0.870. The van der Waals surface area contributed by atoms with Gasteiger partial charge in [-0.3, -0.25) is 0 Å². The molecule has 2 aromatic rings. The number of aliphatic hydroxyl groups excluding tert-OH is 1. The van der Waals surface area contributed by atoms with Crippen molar-refractivity contribution >= 4 is 22.9 Å². The summed E-state index contributed by atoms with van der Waals surface area (Å²) < 4.78 is 0.692. The van der Waals surface area contributed by atoms with Crippen molar-refractivity contribution in [3.8, 4) is 0 Å². The Balaban J connectivity index is 2.24. The van der Waals surface area contributed by atoms with Crippen molar-refractivity contribution in [2.45, 2.75) is 12.5 Å². The zero-order chi connectivity index (χ0) is 12.3. The van der Waals surface area contributed by atoms with Gasteiger partial charge in [-0.15, -0.1) is 11.3 Å². The standard InChI is InChI=1S/C13H14ClNOS/c14-12-5-4-11(17-12)13(16)10-3-1-2-9(8-10)6-7-15/h1-5,8,13,16H,6-7,15H2. The predicted octanol–water partition coefficient (Wildman–Crippen LogP) is 2.98. The Morgan fingerprint density at radius 1 is 1.29 bits per heavy atom.